The molecule has 2 aromatic rings. The van der Waals surface area contributed by atoms with E-state index in [1.807, 2.05) is 19.1 Å². The van der Waals surface area contributed by atoms with Crippen LogP contribution in [0.5, 0.6) is 0 Å². The molecule has 0 atom stereocenters. The van der Waals surface area contributed by atoms with Gasteiger partial charge in [0.25, 0.3) is 0 Å². The first-order chi connectivity index (χ1) is 10.2. The number of anilines is 1. The molecule has 2 rings (SSSR count). The van der Waals surface area contributed by atoms with Gasteiger partial charge < -0.3 is 10.1 Å². The zero-order chi connectivity index (χ0) is 15.1. The van der Waals surface area contributed by atoms with Gasteiger partial charge in [0.2, 0.25) is 0 Å². The average Bonchev–Trinajstić information content (AvgIpc) is 2.51. The molecule has 0 aliphatic carbocycles. The zero-order valence-corrected chi connectivity index (χ0v) is 12.6. The predicted octanol–water partition coefficient (Wildman–Crippen LogP) is 4.17. The fourth-order valence-corrected chi connectivity index (χ4v) is 2.03. The van der Waals surface area contributed by atoms with Gasteiger partial charge in [0.05, 0.1) is 12.2 Å². The van der Waals surface area contributed by atoms with Gasteiger partial charge in [0.15, 0.2) is 0 Å². The van der Waals surface area contributed by atoms with E-state index in [4.69, 9.17) is 4.74 Å². The lowest BCUT2D eigenvalue weighted by atomic mass is 10.1. The zero-order valence-electron chi connectivity index (χ0n) is 12.6. The lowest BCUT2D eigenvalue weighted by Gasteiger charge is -2.08. The highest BCUT2D eigenvalue weighted by Crippen LogP contribution is 2.13. The number of rotatable bonds is 6. The fourth-order valence-electron chi connectivity index (χ4n) is 2.03. The fraction of sp³-hybridized carbons (Fsp3) is 0.278. The summed E-state index contributed by atoms with van der Waals surface area (Å²) >= 11 is 0. The summed E-state index contributed by atoms with van der Waals surface area (Å²) in [6.45, 7) is 5.29. The summed E-state index contributed by atoms with van der Waals surface area (Å²) in [4.78, 5) is 11.7. The van der Waals surface area contributed by atoms with Crippen LogP contribution in [0.1, 0.15) is 34.8 Å². The van der Waals surface area contributed by atoms with Crippen LogP contribution in [0, 0.1) is 6.92 Å². The Morgan fingerprint density at radius 3 is 2.57 bits per heavy atom. The van der Waals surface area contributed by atoms with Crippen LogP contribution in [0.25, 0.3) is 0 Å². The number of hydrogen-bond acceptors (Lipinski definition) is 3. The topological polar surface area (TPSA) is 38.3 Å². The Kier molecular flexibility index (Phi) is 5.38. The molecule has 0 unspecified atom stereocenters. The van der Waals surface area contributed by atoms with Gasteiger partial charge in [0, 0.05) is 12.2 Å². The van der Waals surface area contributed by atoms with Crippen LogP contribution >= 0.6 is 0 Å². The molecule has 110 valence electrons. The first kappa shape index (κ1) is 15.1. The summed E-state index contributed by atoms with van der Waals surface area (Å²) in [6.07, 6.45) is 0.835. The second kappa shape index (κ2) is 7.48. The maximum atomic E-state index is 11.7. The molecule has 0 bridgehead atoms. The largest absolute Gasteiger partial charge is 0.462 e. The molecule has 0 saturated carbocycles. The van der Waals surface area contributed by atoms with Crippen molar-refractivity contribution in [2.45, 2.75) is 26.8 Å². The number of nitrogens with one attached hydrogen (secondary N) is 1. The van der Waals surface area contributed by atoms with Gasteiger partial charge in [0.1, 0.15) is 0 Å². The minimum atomic E-state index is -0.262. The maximum Gasteiger partial charge on any atom is 0.338 e. The number of ether oxygens (including phenoxy) is 1. The molecular formula is C18H21NO2. The molecule has 0 spiro atoms. The van der Waals surface area contributed by atoms with Crippen LogP contribution in [0.4, 0.5) is 5.69 Å². The normalized spacial score (nSPS) is 10.2. The molecule has 3 heteroatoms. The van der Waals surface area contributed by atoms with Crippen LogP contribution in [0.2, 0.25) is 0 Å². The maximum absolute atomic E-state index is 11.7. The Bertz CT molecular complexity index is 590. The van der Waals surface area contributed by atoms with Crippen molar-refractivity contribution in [2.75, 3.05) is 11.9 Å². The van der Waals surface area contributed by atoms with Crippen molar-refractivity contribution in [3.63, 3.8) is 0 Å². The molecule has 0 amide bonds. The van der Waals surface area contributed by atoms with Crippen molar-refractivity contribution in [1.29, 1.82) is 0 Å². The van der Waals surface area contributed by atoms with E-state index in [0.717, 1.165) is 18.7 Å². The molecule has 3 nitrogen and oxygen atoms in total. The van der Waals surface area contributed by atoms with Gasteiger partial charge in [-0.15, -0.1) is 0 Å². The van der Waals surface area contributed by atoms with Gasteiger partial charge in [-0.05, 0) is 43.2 Å². The van der Waals surface area contributed by atoms with Crippen molar-refractivity contribution >= 4 is 11.7 Å². The Balaban J connectivity index is 1.92. The Labute approximate surface area is 126 Å². The van der Waals surface area contributed by atoms with E-state index in [9.17, 15) is 4.79 Å². The summed E-state index contributed by atoms with van der Waals surface area (Å²) in [5.41, 5.74) is 4.07. The van der Waals surface area contributed by atoms with Crippen LogP contribution in [-0.2, 0) is 11.3 Å². The summed E-state index contributed by atoms with van der Waals surface area (Å²) in [7, 11) is 0. The number of aryl methyl sites for hydroxylation is 1. The third-order valence-corrected chi connectivity index (χ3v) is 3.14. The van der Waals surface area contributed by atoms with Crippen molar-refractivity contribution in [3.8, 4) is 0 Å². The van der Waals surface area contributed by atoms with Gasteiger partial charge in [-0.2, -0.15) is 0 Å². The van der Waals surface area contributed by atoms with Crippen molar-refractivity contribution in [3.05, 3.63) is 65.2 Å². The highest BCUT2D eigenvalue weighted by molar-refractivity contribution is 5.89. The van der Waals surface area contributed by atoms with Gasteiger partial charge >= 0.3 is 5.97 Å². The molecule has 0 radical (unpaired) electrons. The molecule has 0 fully saturated rings. The molecule has 2 aromatic carbocycles. The molecule has 0 aromatic heterocycles. The van der Waals surface area contributed by atoms with E-state index < -0.39 is 0 Å². The van der Waals surface area contributed by atoms with Gasteiger partial charge in [-0.25, -0.2) is 4.79 Å². The van der Waals surface area contributed by atoms with E-state index >= 15 is 0 Å². The number of hydrogen-bond donors (Lipinski definition) is 1. The van der Waals surface area contributed by atoms with Crippen molar-refractivity contribution in [1.82, 2.24) is 0 Å². The Hall–Kier alpha value is -2.29. The molecule has 21 heavy (non-hydrogen) atoms. The molecular weight excluding hydrogens is 262 g/mol. The standard InChI is InChI=1S/C18H21NO2/c1-3-11-21-18(20)16-7-9-17(10-8-16)19-13-15-6-4-5-14(2)12-15/h4-10,12,19H,3,11,13H2,1-2H3. The monoisotopic (exact) mass is 283 g/mol. The average molecular weight is 283 g/mol. The van der Waals surface area contributed by atoms with Crippen LogP contribution in [-0.4, -0.2) is 12.6 Å². The number of carbonyl (C=O) groups is 1. The Morgan fingerprint density at radius 2 is 1.90 bits per heavy atom. The summed E-state index contributed by atoms with van der Waals surface area (Å²) in [5.74, 6) is -0.262. The van der Waals surface area contributed by atoms with E-state index in [1.165, 1.54) is 11.1 Å². The lowest BCUT2D eigenvalue weighted by molar-refractivity contribution is 0.0505. The predicted molar refractivity (Wildman–Crippen MR) is 85.5 cm³/mol. The SMILES string of the molecule is CCCOC(=O)c1ccc(NCc2cccc(C)c2)cc1. The first-order valence-electron chi connectivity index (χ1n) is 7.25. The number of carbonyl (C=O) groups excluding carboxylic acids is 1. The molecule has 0 aliphatic rings. The second-order valence-electron chi connectivity index (χ2n) is 5.06. The summed E-state index contributed by atoms with van der Waals surface area (Å²) in [5, 5.41) is 3.35. The third-order valence-electron chi connectivity index (χ3n) is 3.14. The van der Waals surface area contributed by atoms with E-state index in [1.54, 1.807) is 12.1 Å². The highest BCUT2D eigenvalue weighted by Gasteiger charge is 2.05. The number of benzene rings is 2. The summed E-state index contributed by atoms with van der Waals surface area (Å²) < 4.78 is 5.10. The van der Waals surface area contributed by atoms with Crippen LogP contribution in [0.15, 0.2) is 48.5 Å². The lowest BCUT2D eigenvalue weighted by Crippen LogP contribution is -2.06. The van der Waals surface area contributed by atoms with Crippen LogP contribution < -0.4 is 5.32 Å². The molecule has 0 heterocycles. The third kappa shape index (κ3) is 4.63. The first-order valence-corrected chi connectivity index (χ1v) is 7.25. The molecule has 0 saturated heterocycles. The molecule has 0 aliphatic heterocycles. The van der Waals surface area contributed by atoms with Crippen molar-refractivity contribution < 1.29 is 9.53 Å². The van der Waals surface area contributed by atoms with Crippen LogP contribution in [0.3, 0.4) is 0 Å². The number of esters is 1. The quantitative estimate of drug-likeness (QED) is 0.808. The minimum absolute atomic E-state index is 0.262. The van der Waals surface area contributed by atoms with Crippen molar-refractivity contribution in [2.24, 2.45) is 0 Å². The smallest absolute Gasteiger partial charge is 0.338 e. The summed E-state index contributed by atoms with van der Waals surface area (Å²) in [6, 6.07) is 15.8. The Morgan fingerprint density at radius 1 is 1.14 bits per heavy atom. The highest BCUT2D eigenvalue weighted by atomic mass is 16.5. The van der Waals surface area contributed by atoms with E-state index in [2.05, 4.69) is 36.5 Å². The van der Waals surface area contributed by atoms with Gasteiger partial charge in [-0.1, -0.05) is 36.8 Å². The van der Waals surface area contributed by atoms with E-state index in [0.29, 0.717) is 12.2 Å². The second-order valence-corrected chi connectivity index (χ2v) is 5.06. The van der Waals surface area contributed by atoms with E-state index in [-0.39, 0.29) is 5.97 Å². The van der Waals surface area contributed by atoms with Gasteiger partial charge in [-0.3, -0.25) is 0 Å². The molecule has 1 N–H and O–H groups in total. The minimum Gasteiger partial charge on any atom is -0.462 e.